The summed E-state index contributed by atoms with van der Waals surface area (Å²) in [6.07, 6.45) is 3.54. The summed E-state index contributed by atoms with van der Waals surface area (Å²) < 4.78 is 7.37. The number of nitrogens with one attached hydrogen (secondary N) is 1. The maximum Gasteiger partial charge on any atom is 0.323 e. The van der Waals surface area contributed by atoms with Gasteiger partial charge >= 0.3 is 6.01 Å². The molecule has 0 aromatic carbocycles. The fraction of sp³-hybridized carbons (Fsp3) is 0.600. The van der Waals surface area contributed by atoms with E-state index in [1.54, 1.807) is 6.26 Å². The second kappa shape index (κ2) is 6.70. The first kappa shape index (κ1) is 14.8. The Morgan fingerprint density at radius 3 is 2.70 bits per heavy atom. The van der Waals surface area contributed by atoms with Crippen LogP contribution >= 0.6 is 0 Å². The van der Waals surface area contributed by atoms with Crippen molar-refractivity contribution in [3.63, 3.8) is 0 Å². The predicted octanol–water partition coefficient (Wildman–Crippen LogP) is 2.73. The minimum Gasteiger partial charge on any atom is -0.430 e. The first-order valence-electron chi connectivity index (χ1n) is 7.37. The molecule has 0 radical (unpaired) electrons. The molecule has 0 bridgehead atoms. The summed E-state index contributed by atoms with van der Waals surface area (Å²) in [5.74, 6) is 0.631. The van der Waals surface area contributed by atoms with Crippen LogP contribution in [0.4, 0.5) is 0 Å². The molecule has 2 aromatic heterocycles. The van der Waals surface area contributed by atoms with E-state index in [1.807, 2.05) is 4.68 Å². The Morgan fingerprint density at radius 2 is 2.05 bits per heavy atom. The second-order valence-electron chi connectivity index (χ2n) is 5.39. The zero-order valence-electron chi connectivity index (χ0n) is 12.8. The van der Waals surface area contributed by atoms with E-state index in [2.05, 4.69) is 49.2 Å². The molecule has 2 rings (SSSR count). The lowest BCUT2D eigenvalue weighted by Crippen LogP contribution is -2.19. The van der Waals surface area contributed by atoms with Crippen LogP contribution < -0.4 is 5.32 Å². The maximum atomic E-state index is 5.56. The third kappa shape index (κ3) is 3.48. The highest BCUT2D eigenvalue weighted by Gasteiger charge is 2.12. The Morgan fingerprint density at radius 1 is 1.25 bits per heavy atom. The van der Waals surface area contributed by atoms with E-state index in [0.717, 1.165) is 43.0 Å². The Bertz CT molecular complexity index is 542. The quantitative estimate of drug-likeness (QED) is 0.845. The van der Waals surface area contributed by atoms with Crippen molar-refractivity contribution in [3.05, 3.63) is 29.4 Å². The van der Waals surface area contributed by atoms with Crippen LogP contribution in [0.15, 0.2) is 16.7 Å². The van der Waals surface area contributed by atoms with Crippen molar-refractivity contribution >= 4 is 0 Å². The van der Waals surface area contributed by atoms with Crippen molar-refractivity contribution in [2.24, 2.45) is 5.92 Å². The van der Waals surface area contributed by atoms with Gasteiger partial charge in [0.05, 0.1) is 11.4 Å². The monoisotopic (exact) mass is 276 g/mol. The molecule has 0 aliphatic heterocycles. The molecular weight excluding hydrogens is 252 g/mol. The van der Waals surface area contributed by atoms with Crippen molar-refractivity contribution in [2.45, 2.75) is 47.1 Å². The highest BCUT2D eigenvalue weighted by Crippen LogP contribution is 2.14. The van der Waals surface area contributed by atoms with Gasteiger partial charge in [0.25, 0.3) is 0 Å². The molecule has 110 valence electrons. The Balaban J connectivity index is 2.10. The number of nitrogens with zero attached hydrogens (tertiary/aromatic N) is 3. The first-order valence-corrected chi connectivity index (χ1v) is 7.37. The van der Waals surface area contributed by atoms with Crippen molar-refractivity contribution in [3.8, 4) is 6.01 Å². The summed E-state index contributed by atoms with van der Waals surface area (Å²) in [7, 11) is 0. The number of hydrogen-bond acceptors (Lipinski definition) is 4. The normalized spacial score (nSPS) is 11.4. The van der Waals surface area contributed by atoms with Gasteiger partial charge in [-0.15, -0.1) is 0 Å². The van der Waals surface area contributed by atoms with Gasteiger partial charge in [0, 0.05) is 12.2 Å². The average Bonchev–Trinajstić information content (AvgIpc) is 3.03. The van der Waals surface area contributed by atoms with Gasteiger partial charge < -0.3 is 9.73 Å². The molecule has 0 unspecified atom stereocenters. The third-order valence-corrected chi connectivity index (χ3v) is 3.14. The lowest BCUT2D eigenvalue weighted by Gasteiger charge is -2.04. The topological polar surface area (TPSA) is 55.9 Å². The smallest absolute Gasteiger partial charge is 0.323 e. The van der Waals surface area contributed by atoms with E-state index >= 15 is 0 Å². The van der Waals surface area contributed by atoms with Crippen molar-refractivity contribution in [1.82, 2.24) is 20.1 Å². The molecule has 0 saturated heterocycles. The van der Waals surface area contributed by atoms with Crippen LogP contribution in [0.3, 0.4) is 0 Å². The highest BCUT2D eigenvalue weighted by atomic mass is 16.4. The van der Waals surface area contributed by atoms with E-state index in [4.69, 9.17) is 4.42 Å². The third-order valence-electron chi connectivity index (χ3n) is 3.14. The summed E-state index contributed by atoms with van der Waals surface area (Å²) >= 11 is 0. The molecule has 2 aromatic rings. The number of aryl methyl sites for hydroxylation is 2. The van der Waals surface area contributed by atoms with E-state index < -0.39 is 0 Å². The van der Waals surface area contributed by atoms with E-state index in [1.165, 1.54) is 0 Å². The highest BCUT2D eigenvalue weighted by molar-refractivity contribution is 5.19. The molecule has 2 heterocycles. The van der Waals surface area contributed by atoms with E-state index in [-0.39, 0.29) is 0 Å². The molecule has 0 saturated carbocycles. The van der Waals surface area contributed by atoms with Crippen molar-refractivity contribution < 1.29 is 4.42 Å². The zero-order chi connectivity index (χ0) is 14.5. The fourth-order valence-corrected chi connectivity index (χ4v) is 2.03. The van der Waals surface area contributed by atoms with Crippen LogP contribution in [-0.2, 0) is 19.4 Å². The average molecular weight is 276 g/mol. The number of oxazole rings is 1. The molecule has 5 heteroatoms. The molecule has 0 fully saturated rings. The molecule has 0 amide bonds. The van der Waals surface area contributed by atoms with Crippen LogP contribution in [0, 0.1) is 5.92 Å². The van der Waals surface area contributed by atoms with Crippen LogP contribution in [0.1, 0.15) is 44.8 Å². The lowest BCUT2D eigenvalue weighted by molar-refractivity contribution is 0.500. The largest absolute Gasteiger partial charge is 0.430 e. The van der Waals surface area contributed by atoms with Crippen molar-refractivity contribution in [1.29, 1.82) is 0 Å². The zero-order valence-corrected chi connectivity index (χ0v) is 12.8. The van der Waals surface area contributed by atoms with Crippen LogP contribution in [0.5, 0.6) is 0 Å². The van der Waals surface area contributed by atoms with Crippen LogP contribution in [0.25, 0.3) is 6.01 Å². The van der Waals surface area contributed by atoms with Gasteiger partial charge in [0.2, 0.25) is 0 Å². The molecule has 5 nitrogen and oxygen atoms in total. The number of hydrogen-bond donors (Lipinski definition) is 1. The Kier molecular flexibility index (Phi) is 4.95. The summed E-state index contributed by atoms with van der Waals surface area (Å²) in [6.45, 7) is 10.3. The molecule has 0 aliphatic carbocycles. The lowest BCUT2D eigenvalue weighted by atomic mass is 10.2. The van der Waals surface area contributed by atoms with E-state index in [0.29, 0.717) is 11.9 Å². The van der Waals surface area contributed by atoms with E-state index in [9.17, 15) is 0 Å². The Hall–Kier alpha value is -1.62. The van der Waals surface area contributed by atoms with Gasteiger partial charge in [0.1, 0.15) is 6.26 Å². The maximum absolute atomic E-state index is 5.56. The molecule has 0 aliphatic rings. The van der Waals surface area contributed by atoms with Gasteiger partial charge in [-0.2, -0.15) is 14.8 Å². The minimum atomic E-state index is 0.558. The predicted molar refractivity (Wildman–Crippen MR) is 78.9 cm³/mol. The first-order chi connectivity index (χ1) is 9.63. The summed E-state index contributed by atoms with van der Waals surface area (Å²) in [5.41, 5.74) is 3.11. The molecule has 0 atom stereocenters. The van der Waals surface area contributed by atoms with Crippen LogP contribution in [-0.4, -0.2) is 21.3 Å². The summed E-state index contributed by atoms with van der Waals surface area (Å²) in [6, 6.07) is 2.67. The number of rotatable bonds is 7. The SMILES string of the molecule is CCc1cc(CC)n(-c2nc(CNCC(C)C)co2)n1. The van der Waals surface area contributed by atoms with Crippen molar-refractivity contribution in [2.75, 3.05) is 6.54 Å². The van der Waals surface area contributed by atoms with Gasteiger partial charge in [-0.25, -0.2) is 0 Å². The minimum absolute atomic E-state index is 0.558. The summed E-state index contributed by atoms with van der Waals surface area (Å²) in [5, 5.41) is 7.89. The Labute approximate surface area is 120 Å². The summed E-state index contributed by atoms with van der Waals surface area (Å²) in [4.78, 5) is 4.50. The molecule has 20 heavy (non-hydrogen) atoms. The number of aromatic nitrogens is 3. The second-order valence-corrected chi connectivity index (χ2v) is 5.39. The molecular formula is C15H24N4O. The van der Waals surface area contributed by atoms with Gasteiger partial charge in [0.15, 0.2) is 0 Å². The fourth-order valence-electron chi connectivity index (χ4n) is 2.03. The molecule has 0 spiro atoms. The van der Waals surface area contributed by atoms with Gasteiger partial charge in [-0.3, -0.25) is 0 Å². The van der Waals surface area contributed by atoms with Gasteiger partial charge in [-0.1, -0.05) is 27.7 Å². The van der Waals surface area contributed by atoms with Crippen LogP contribution in [0.2, 0.25) is 0 Å². The standard InChI is InChI=1S/C15H24N4O/c1-5-12-7-14(6-2)19(18-12)15-17-13(10-20-15)9-16-8-11(3)4/h7,10-11,16H,5-6,8-9H2,1-4H3. The van der Waals surface area contributed by atoms with Gasteiger partial charge in [-0.05, 0) is 31.4 Å². The molecule has 1 N–H and O–H groups in total.